The summed E-state index contributed by atoms with van der Waals surface area (Å²) in [6, 6.07) is 9.38. The molecule has 0 spiro atoms. The van der Waals surface area contributed by atoms with E-state index in [0.717, 1.165) is 24.4 Å². The zero-order valence-electron chi connectivity index (χ0n) is 12.8. The van der Waals surface area contributed by atoms with Crippen LogP contribution in [-0.2, 0) is 11.2 Å². The second-order valence-electron chi connectivity index (χ2n) is 6.18. The van der Waals surface area contributed by atoms with Gasteiger partial charge in [0.25, 0.3) is 0 Å². The molecule has 0 heterocycles. The molecule has 1 aliphatic carbocycles. The van der Waals surface area contributed by atoms with E-state index >= 15 is 0 Å². The number of benzene rings is 1. The molecule has 2 rings (SSSR count). The van der Waals surface area contributed by atoms with E-state index in [2.05, 4.69) is 5.32 Å². The Balaban J connectivity index is 1.76. The van der Waals surface area contributed by atoms with Gasteiger partial charge in [-0.05, 0) is 30.9 Å². The fourth-order valence-corrected chi connectivity index (χ4v) is 3.21. The van der Waals surface area contributed by atoms with Gasteiger partial charge in [0.15, 0.2) is 0 Å². The SMILES string of the molecule is O=C(O)[C@@H](Cc1ccccc1)NCCC1CCCCCC1. The van der Waals surface area contributed by atoms with Gasteiger partial charge in [0.05, 0.1) is 0 Å². The molecule has 0 radical (unpaired) electrons. The average Bonchev–Trinajstić information content (AvgIpc) is 2.76. The fraction of sp³-hybridized carbons (Fsp3) is 0.611. The molecule has 1 fully saturated rings. The number of carboxylic acids is 1. The third-order valence-corrected chi connectivity index (χ3v) is 4.50. The molecule has 0 bridgehead atoms. The summed E-state index contributed by atoms with van der Waals surface area (Å²) in [4.78, 5) is 11.4. The normalized spacial score (nSPS) is 18.1. The molecule has 0 aromatic heterocycles. The van der Waals surface area contributed by atoms with Gasteiger partial charge in [0, 0.05) is 0 Å². The summed E-state index contributed by atoms with van der Waals surface area (Å²) in [5, 5.41) is 12.6. The summed E-state index contributed by atoms with van der Waals surface area (Å²) < 4.78 is 0. The van der Waals surface area contributed by atoms with Gasteiger partial charge in [-0.15, -0.1) is 0 Å². The summed E-state index contributed by atoms with van der Waals surface area (Å²) >= 11 is 0. The summed E-state index contributed by atoms with van der Waals surface area (Å²) in [5.74, 6) is 0.0332. The molecule has 0 aliphatic heterocycles. The van der Waals surface area contributed by atoms with Crippen molar-refractivity contribution in [2.75, 3.05) is 6.54 Å². The minimum Gasteiger partial charge on any atom is -0.480 e. The summed E-state index contributed by atoms with van der Waals surface area (Å²) in [6.45, 7) is 0.814. The molecule has 3 nitrogen and oxygen atoms in total. The highest BCUT2D eigenvalue weighted by molar-refractivity contribution is 5.73. The molecule has 1 aromatic carbocycles. The minimum atomic E-state index is -0.750. The first kappa shape index (κ1) is 16.0. The van der Waals surface area contributed by atoms with Gasteiger partial charge in [-0.1, -0.05) is 68.9 Å². The molecule has 1 aromatic rings. The van der Waals surface area contributed by atoms with E-state index in [-0.39, 0.29) is 0 Å². The second kappa shape index (κ2) is 8.83. The van der Waals surface area contributed by atoms with Crippen molar-refractivity contribution in [2.24, 2.45) is 5.92 Å². The molecular formula is C18H27NO2. The van der Waals surface area contributed by atoms with Gasteiger partial charge < -0.3 is 10.4 Å². The van der Waals surface area contributed by atoms with Crippen LogP contribution in [0.1, 0.15) is 50.5 Å². The number of hydrogen-bond donors (Lipinski definition) is 2. The van der Waals surface area contributed by atoms with E-state index in [1.165, 1.54) is 38.5 Å². The van der Waals surface area contributed by atoms with Crippen molar-refractivity contribution in [1.82, 2.24) is 5.32 Å². The zero-order valence-corrected chi connectivity index (χ0v) is 12.8. The van der Waals surface area contributed by atoms with E-state index in [1.807, 2.05) is 30.3 Å². The number of carbonyl (C=O) groups is 1. The lowest BCUT2D eigenvalue weighted by molar-refractivity contribution is -0.139. The maximum atomic E-state index is 11.4. The molecule has 3 heteroatoms. The van der Waals surface area contributed by atoms with Crippen molar-refractivity contribution in [3.63, 3.8) is 0 Å². The molecule has 1 aliphatic rings. The van der Waals surface area contributed by atoms with Crippen LogP contribution in [0.15, 0.2) is 30.3 Å². The Kier molecular flexibility index (Phi) is 6.74. The van der Waals surface area contributed by atoms with Gasteiger partial charge in [-0.25, -0.2) is 0 Å². The van der Waals surface area contributed by atoms with E-state index in [4.69, 9.17) is 0 Å². The molecular weight excluding hydrogens is 262 g/mol. The maximum Gasteiger partial charge on any atom is 0.321 e. The minimum absolute atomic E-state index is 0.474. The lowest BCUT2D eigenvalue weighted by atomic mass is 9.96. The van der Waals surface area contributed by atoms with Crippen molar-refractivity contribution in [2.45, 2.75) is 57.4 Å². The van der Waals surface area contributed by atoms with Gasteiger partial charge in [-0.3, -0.25) is 4.79 Å². The van der Waals surface area contributed by atoms with Crippen LogP contribution in [0.5, 0.6) is 0 Å². The first-order valence-corrected chi connectivity index (χ1v) is 8.26. The Labute approximate surface area is 127 Å². The smallest absolute Gasteiger partial charge is 0.321 e. The van der Waals surface area contributed by atoms with E-state index in [0.29, 0.717) is 6.42 Å². The fourth-order valence-electron chi connectivity index (χ4n) is 3.21. The zero-order chi connectivity index (χ0) is 14.9. The molecule has 21 heavy (non-hydrogen) atoms. The largest absolute Gasteiger partial charge is 0.480 e. The first-order valence-electron chi connectivity index (χ1n) is 8.26. The molecule has 2 N–H and O–H groups in total. The number of aliphatic carboxylic acids is 1. The maximum absolute atomic E-state index is 11.4. The van der Waals surface area contributed by atoms with Crippen molar-refractivity contribution in [3.8, 4) is 0 Å². The van der Waals surface area contributed by atoms with Crippen LogP contribution < -0.4 is 5.32 Å². The summed E-state index contributed by atoms with van der Waals surface area (Å²) in [5.41, 5.74) is 1.08. The molecule has 0 unspecified atom stereocenters. The number of carboxylic acid groups (broad SMARTS) is 1. The number of hydrogen-bond acceptors (Lipinski definition) is 2. The highest BCUT2D eigenvalue weighted by atomic mass is 16.4. The third-order valence-electron chi connectivity index (χ3n) is 4.50. The third kappa shape index (κ3) is 5.88. The van der Waals surface area contributed by atoms with Crippen LogP contribution in [-0.4, -0.2) is 23.7 Å². The Morgan fingerprint density at radius 1 is 1.14 bits per heavy atom. The number of nitrogens with one attached hydrogen (secondary N) is 1. The van der Waals surface area contributed by atoms with E-state index < -0.39 is 12.0 Å². The molecule has 116 valence electrons. The Morgan fingerprint density at radius 2 is 1.81 bits per heavy atom. The quantitative estimate of drug-likeness (QED) is 0.754. The van der Waals surface area contributed by atoms with E-state index in [1.54, 1.807) is 0 Å². The highest BCUT2D eigenvalue weighted by Gasteiger charge is 2.18. The standard InChI is InChI=1S/C18H27NO2/c20-18(21)17(14-16-10-6-3-7-11-16)19-13-12-15-8-4-1-2-5-9-15/h3,6-7,10-11,15,17,19H,1-2,4-5,8-9,12-14H2,(H,20,21)/t17-/m1/s1. The van der Waals surface area contributed by atoms with Gasteiger partial charge in [-0.2, -0.15) is 0 Å². The van der Waals surface area contributed by atoms with Crippen molar-refractivity contribution >= 4 is 5.97 Å². The van der Waals surface area contributed by atoms with Crippen molar-refractivity contribution in [1.29, 1.82) is 0 Å². The van der Waals surface area contributed by atoms with Gasteiger partial charge in [0.1, 0.15) is 6.04 Å². The molecule has 0 amide bonds. The van der Waals surface area contributed by atoms with Crippen molar-refractivity contribution in [3.05, 3.63) is 35.9 Å². The van der Waals surface area contributed by atoms with Crippen LogP contribution in [0.2, 0.25) is 0 Å². The molecule has 1 saturated carbocycles. The number of rotatable bonds is 7. The van der Waals surface area contributed by atoms with Crippen LogP contribution >= 0.6 is 0 Å². The van der Waals surface area contributed by atoms with Crippen LogP contribution in [0, 0.1) is 5.92 Å². The second-order valence-corrected chi connectivity index (χ2v) is 6.18. The van der Waals surface area contributed by atoms with Crippen LogP contribution in [0.3, 0.4) is 0 Å². The average molecular weight is 289 g/mol. The van der Waals surface area contributed by atoms with E-state index in [9.17, 15) is 9.90 Å². The van der Waals surface area contributed by atoms with Crippen LogP contribution in [0.25, 0.3) is 0 Å². The predicted octanol–water partition coefficient (Wildman–Crippen LogP) is 3.63. The Hall–Kier alpha value is -1.35. The topological polar surface area (TPSA) is 49.3 Å². The predicted molar refractivity (Wildman–Crippen MR) is 85.4 cm³/mol. The van der Waals surface area contributed by atoms with Crippen molar-refractivity contribution < 1.29 is 9.90 Å². The monoisotopic (exact) mass is 289 g/mol. The molecule has 0 saturated heterocycles. The summed E-state index contributed by atoms with van der Waals surface area (Å²) in [7, 11) is 0. The molecule has 1 atom stereocenters. The first-order chi connectivity index (χ1) is 10.3. The highest BCUT2D eigenvalue weighted by Crippen LogP contribution is 2.24. The van der Waals surface area contributed by atoms with Gasteiger partial charge >= 0.3 is 5.97 Å². The lowest BCUT2D eigenvalue weighted by Crippen LogP contribution is -2.39. The van der Waals surface area contributed by atoms with Crippen LogP contribution in [0.4, 0.5) is 0 Å². The Morgan fingerprint density at radius 3 is 2.43 bits per heavy atom. The lowest BCUT2D eigenvalue weighted by Gasteiger charge is -2.18. The summed E-state index contributed by atoms with van der Waals surface area (Å²) in [6.07, 6.45) is 9.73. The Bertz CT molecular complexity index is 410. The van der Waals surface area contributed by atoms with Gasteiger partial charge in [0.2, 0.25) is 0 Å².